The van der Waals surface area contributed by atoms with Gasteiger partial charge in [0.1, 0.15) is 0 Å². The number of nitrogens with zero attached hydrogens (tertiary/aromatic N) is 3. The standard InChI is InChI=1S/C23H37N5OS.HI/c1-2-24-23(25-11-14-27-12-9-21-19(16-27)10-15-30-21)26-20-8-13-28(17-20)22(29)18-6-4-3-5-7-18;/h10,15,18,20H,2-9,11-14,16-17H2,1H3,(H2,24,25,26);1H. The highest BCUT2D eigenvalue weighted by molar-refractivity contribution is 14.0. The molecule has 1 unspecified atom stereocenters. The van der Waals surface area contributed by atoms with E-state index >= 15 is 0 Å². The van der Waals surface area contributed by atoms with Gasteiger partial charge >= 0.3 is 0 Å². The number of carbonyl (C=O) groups excluding carboxylic acids is 1. The molecule has 174 valence electrons. The van der Waals surface area contributed by atoms with Crippen LogP contribution in [0, 0.1) is 5.92 Å². The quantitative estimate of drug-likeness (QED) is 0.319. The largest absolute Gasteiger partial charge is 0.357 e. The van der Waals surface area contributed by atoms with E-state index in [1.54, 1.807) is 4.88 Å². The molecule has 2 aliphatic heterocycles. The van der Waals surface area contributed by atoms with Crippen molar-refractivity contribution in [3.05, 3.63) is 21.9 Å². The van der Waals surface area contributed by atoms with Crippen LogP contribution < -0.4 is 10.6 Å². The average molecular weight is 560 g/mol. The summed E-state index contributed by atoms with van der Waals surface area (Å²) in [6.07, 6.45) is 8.07. The van der Waals surface area contributed by atoms with E-state index in [9.17, 15) is 4.79 Å². The number of halogens is 1. The number of hydrogen-bond donors (Lipinski definition) is 2. The Balaban J connectivity index is 0.00000272. The van der Waals surface area contributed by atoms with Crippen LogP contribution in [-0.4, -0.2) is 67.0 Å². The number of aliphatic imine (C=N–C) groups is 1. The van der Waals surface area contributed by atoms with E-state index in [2.05, 4.69) is 38.8 Å². The molecule has 8 heteroatoms. The number of hydrogen-bond acceptors (Lipinski definition) is 4. The first-order valence-corrected chi connectivity index (χ1v) is 12.7. The fourth-order valence-electron chi connectivity index (χ4n) is 5.00. The summed E-state index contributed by atoms with van der Waals surface area (Å²) < 4.78 is 0. The van der Waals surface area contributed by atoms with Gasteiger partial charge in [-0.15, -0.1) is 35.3 Å². The Morgan fingerprint density at radius 2 is 2.06 bits per heavy atom. The predicted octanol–water partition coefficient (Wildman–Crippen LogP) is 3.46. The third kappa shape index (κ3) is 6.81. The summed E-state index contributed by atoms with van der Waals surface area (Å²) in [5.41, 5.74) is 1.49. The van der Waals surface area contributed by atoms with Gasteiger partial charge < -0.3 is 15.5 Å². The van der Waals surface area contributed by atoms with Gasteiger partial charge in [-0.25, -0.2) is 0 Å². The van der Waals surface area contributed by atoms with Crippen molar-refractivity contribution in [2.24, 2.45) is 10.9 Å². The van der Waals surface area contributed by atoms with Crippen molar-refractivity contribution in [1.82, 2.24) is 20.4 Å². The van der Waals surface area contributed by atoms with Gasteiger partial charge in [-0.1, -0.05) is 19.3 Å². The van der Waals surface area contributed by atoms with Crippen LogP contribution >= 0.6 is 35.3 Å². The molecule has 1 aromatic heterocycles. The Labute approximate surface area is 208 Å². The van der Waals surface area contributed by atoms with Crippen molar-refractivity contribution in [2.45, 2.75) is 64.5 Å². The first-order valence-electron chi connectivity index (χ1n) is 11.8. The maximum absolute atomic E-state index is 12.8. The van der Waals surface area contributed by atoms with Gasteiger partial charge in [0, 0.05) is 56.1 Å². The van der Waals surface area contributed by atoms with Crippen LogP contribution in [0.15, 0.2) is 16.4 Å². The molecule has 3 aliphatic rings. The summed E-state index contributed by atoms with van der Waals surface area (Å²) >= 11 is 1.89. The lowest BCUT2D eigenvalue weighted by molar-refractivity contribution is -0.135. The minimum absolute atomic E-state index is 0. The second-order valence-electron chi connectivity index (χ2n) is 8.90. The second kappa shape index (κ2) is 12.4. The van der Waals surface area contributed by atoms with Crippen LogP contribution in [0.1, 0.15) is 55.9 Å². The lowest BCUT2D eigenvalue weighted by Gasteiger charge is -2.27. The van der Waals surface area contributed by atoms with Crippen LogP contribution in [0.4, 0.5) is 0 Å². The molecule has 4 rings (SSSR count). The minimum Gasteiger partial charge on any atom is -0.357 e. The fraction of sp³-hybridized carbons (Fsp3) is 0.739. The van der Waals surface area contributed by atoms with E-state index in [0.717, 1.165) is 71.0 Å². The van der Waals surface area contributed by atoms with E-state index in [-0.39, 0.29) is 29.9 Å². The zero-order valence-electron chi connectivity index (χ0n) is 18.8. The van der Waals surface area contributed by atoms with E-state index < -0.39 is 0 Å². The van der Waals surface area contributed by atoms with Crippen LogP contribution in [0.3, 0.4) is 0 Å². The van der Waals surface area contributed by atoms with Gasteiger partial charge in [0.25, 0.3) is 0 Å². The molecule has 31 heavy (non-hydrogen) atoms. The third-order valence-electron chi connectivity index (χ3n) is 6.71. The predicted molar refractivity (Wildman–Crippen MR) is 139 cm³/mol. The van der Waals surface area contributed by atoms with Crippen LogP contribution in [0.25, 0.3) is 0 Å². The molecule has 1 aliphatic carbocycles. The minimum atomic E-state index is 0. The highest BCUT2D eigenvalue weighted by Crippen LogP contribution is 2.27. The van der Waals surface area contributed by atoms with Crippen LogP contribution in [0.2, 0.25) is 0 Å². The highest BCUT2D eigenvalue weighted by Gasteiger charge is 2.31. The summed E-state index contributed by atoms with van der Waals surface area (Å²) in [5.74, 6) is 1.55. The Morgan fingerprint density at radius 1 is 1.23 bits per heavy atom. The molecule has 1 saturated heterocycles. The molecular weight excluding hydrogens is 521 g/mol. The van der Waals surface area contributed by atoms with Crippen molar-refractivity contribution in [3.8, 4) is 0 Å². The highest BCUT2D eigenvalue weighted by atomic mass is 127. The molecule has 0 aromatic carbocycles. The molecule has 2 fully saturated rings. The molecule has 1 atom stereocenters. The summed E-state index contributed by atoms with van der Waals surface area (Å²) in [6.45, 7) is 8.62. The van der Waals surface area contributed by atoms with E-state index in [1.165, 1.54) is 31.2 Å². The van der Waals surface area contributed by atoms with Crippen molar-refractivity contribution >= 4 is 47.2 Å². The molecule has 2 N–H and O–H groups in total. The van der Waals surface area contributed by atoms with Crippen molar-refractivity contribution in [2.75, 3.05) is 39.3 Å². The van der Waals surface area contributed by atoms with E-state index in [0.29, 0.717) is 11.9 Å². The van der Waals surface area contributed by atoms with Crippen molar-refractivity contribution in [3.63, 3.8) is 0 Å². The number of likely N-dealkylation sites (tertiary alicyclic amines) is 1. The van der Waals surface area contributed by atoms with E-state index in [1.807, 2.05) is 11.3 Å². The first kappa shape index (κ1) is 24.8. The summed E-state index contributed by atoms with van der Waals surface area (Å²) in [4.78, 5) is 23.8. The van der Waals surface area contributed by atoms with E-state index in [4.69, 9.17) is 4.99 Å². The molecule has 1 saturated carbocycles. The van der Waals surface area contributed by atoms with Gasteiger partial charge in [-0.3, -0.25) is 14.7 Å². The molecule has 6 nitrogen and oxygen atoms in total. The Morgan fingerprint density at radius 3 is 2.87 bits per heavy atom. The number of thiophene rings is 1. The van der Waals surface area contributed by atoms with Gasteiger partial charge in [0.15, 0.2) is 5.96 Å². The zero-order valence-corrected chi connectivity index (χ0v) is 21.9. The molecular formula is C23H38IN5OS. The fourth-order valence-corrected chi connectivity index (χ4v) is 5.89. The number of carbonyl (C=O) groups is 1. The number of fused-ring (bicyclic) bond motifs is 1. The topological polar surface area (TPSA) is 60.0 Å². The molecule has 1 aromatic rings. The zero-order chi connectivity index (χ0) is 20.8. The monoisotopic (exact) mass is 559 g/mol. The first-order chi connectivity index (χ1) is 14.7. The van der Waals surface area contributed by atoms with Gasteiger partial charge in [-0.2, -0.15) is 0 Å². The third-order valence-corrected chi connectivity index (χ3v) is 7.74. The molecule has 0 spiro atoms. The van der Waals surface area contributed by atoms with Crippen LogP contribution in [-0.2, 0) is 17.8 Å². The second-order valence-corrected chi connectivity index (χ2v) is 9.91. The molecule has 0 bridgehead atoms. The van der Waals surface area contributed by atoms with Crippen molar-refractivity contribution < 1.29 is 4.79 Å². The van der Waals surface area contributed by atoms with Gasteiger partial charge in [0.05, 0.1) is 6.54 Å². The summed E-state index contributed by atoms with van der Waals surface area (Å²) in [6, 6.07) is 2.57. The molecule has 0 radical (unpaired) electrons. The molecule has 1 amide bonds. The lowest BCUT2D eigenvalue weighted by Crippen LogP contribution is -2.46. The van der Waals surface area contributed by atoms with Crippen molar-refractivity contribution in [1.29, 1.82) is 0 Å². The maximum atomic E-state index is 12.8. The summed E-state index contributed by atoms with van der Waals surface area (Å²) in [7, 11) is 0. The summed E-state index contributed by atoms with van der Waals surface area (Å²) in [5, 5.41) is 9.18. The number of amides is 1. The maximum Gasteiger partial charge on any atom is 0.225 e. The van der Waals surface area contributed by atoms with Gasteiger partial charge in [-0.05, 0) is 49.6 Å². The lowest BCUT2D eigenvalue weighted by atomic mass is 9.88. The number of nitrogens with one attached hydrogen (secondary N) is 2. The Bertz CT molecular complexity index is 733. The molecule has 3 heterocycles. The van der Waals surface area contributed by atoms with Gasteiger partial charge in [0.2, 0.25) is 5.91 Å². The number of rotatable bonds is 6. The smallest absolute Gasteiger partial charge is 0.225 e. The average Bonchev–Trinajstić information content (AvgIpc) is 3.43. The Kier molecular flexibility index (Phi) is 9.90. The number of guanidine groups is 1. The Hall–Kier alpha value is -0.870. The SMILES string of the molecule is CCNC(=NCCN1CCc2sccc2C1)NC1CCN(C(=O)C2CCCCC2)C1.I. The van der Waals surface area contributed by atoms with Crippen LogP contribution in [0.5, 0.6) is 0 Å². The normalized spacial score (nSPS) is 22.7.